The maximum Gasteiger partial charge on any atom is 0.262 e. The number of ether oxygens (including phenoxy) is 1. The molecule has 1 N–H and O–H groups in total. The van der Waals surface area contributed by atoms with E-state index in [0.29, 0.717) is 16.0 Å². The number of hydrogen-bond donors (Lipinski definition) is 1. The van der Waals surface area contributed by atoms with E-state index in [9.17, 15) is 9.18 Å². The third-order valence-electron chi connectivity index (χ3n) is 3.27. The van der Waals surface area contributed by atoms with E-state index >= 15 is 0 Å². The average molecular weight is 402 g/mol. The van der Waals surface area contributed by atoms with Crippen molar-refractivity contribution >= 4 is 27.7 Å². The van der Waals surface area contributed by atoms with Gasteiger partial charge in [0.1, 0.15) is 22.9 Å². The van der Waals surface area contributed by atoms with Gasteiger partial charge in [-0.1, -0.05) is 0 Å². The van der Waals surface area contributed by atoms with Crippen LogP contribution in [0.1, 0.15) is 15.9 Å². The fourth-order valence-corrected chi connectivity index (χ4v) is 2.53. The molecule has 5 nitrogen and oxygen atoms in total. The number of rotatable bonds is 4. The molecule has 3 rings (SSSR count). The highest BCUT2D eigenvalue weighted by molar-refractivity contribution is 9.10. The lowest BCUT2D eigenvalue weighted by atomic mass is 10.2. The van der Waals surface area contributed by atoms with Crippen molar-refractivity contribution < 1.29 is 13.9 Å². The van der Waals surface area contributed by atoms with Crippen LogP contribution in [-0.2, 0) is 0 Å². The Morgan fingerprint density at radius 3 is 2.76 bits per heavy atom. The largest absolute Gasteiger partial charge is 0.437 e. The van der Waals surface area contributed by atoms with E-state index in [-0.39, 0.29) is 11.4 Å². The van der Waals surface area contributed by atoms with Gasteiger partial charge in [-0.25, -0.2) is 14.4 Å². The first-order valence-electron chi connectivity index (χ1n) is 7.35. The Labute approximate surface area is 152 Å². The van der Waals surface area contributed by atoms with Gasteiger partial charge in [-0.05, 0) is 70.9 Å². The number of hydrogen-bond acceptors (Lipinski definition) is 4. The van der Waals surface area contributed by atoms with Crippen molar-refractivity contribution in [1.29, 1.82) is 0 Å². The number of aryl methyl sites for hydroxylation is 1. The van der Waals surface area contributed by atoms with Crippen LogP contribution in [0.4, 0.5) is 10.2 Å². The minimum Gasteiger partial charge on any atom is -0.437 e. The number of anilines is 1. The Morgan fingerprint density at radius 1 is 1.16 bits per heavy atom. The number of nitrogens with one attached hydrogen (secondary N) is 1. The third-order valence-corrected chi connectivity index (χ3v) is 3.89. The van der Waals surface area contributed by atoms with Gasteiger partial charge in [0.25, 0.3) is 5.91 Å². The molecular formula is C18H13BrFN3O2. The molecule has 126 valence electrons. The van der Waals surface area contributed by atoms with Crippen molar-refractivity contribution in [3.63, 3.8) is 0 Å². The smallest absolute Gasteiger partial charge is 0.262 e. The van der Waals surface area contributed by atoms with E-state index in [1.807, 2.05) is 13.0 Å². The van der Waals surface area contributed by atoms with E-state index in [1.54, 1.807) is 24.4 Å². The molecule has 0 radical (unpaired) electrons. The summed E-state index contributed by atoms with van der Waals surface area (Å²) in [5.41, 5.74) is 1.21. The van der Waals surface area contributed by atoms with Gasteiger partial charge in [0.2, 0.25) is 5.88 Å². The molecule has 0 atom stereocenters. The first-order valence-corrected chi connectivity index (χ1v) is 8.14. The lowest BCUT2D eigenvalue weighted by molar-refractivity contribution is 0.102. The van der Waals surface area contributed by atoms with Gasteiger partial charge in [-0.3, -0.25) is 4.79 Å². The summed E-state index contributed by atoms with van der Waals surface area (Å²) in [6, 6.07) is 10.8. The number of halogens is 2. The maximum absolute atomic E-state index is 13.2. The highest BCUT2D eigenvalue weighted by Gasteiger charge is 2.16. The topological polar surface area (TPSA) is 64.1 Å². The summed E-state index contributed by atoms with van der Waals surface area (Å²) < 4.78 is 19.3. The summed E-state index contributed by atoms with van der Waals surface area (Å²) in [6.07, 6.45) is 3.12. The molecule has 0 saturated carbocycles. The minimum atomic E-state index is -0.403. The molecule has 0 fully saturated rings. The Balaban J connectivity index is 1.86. The van der Waals surface area contributed by atoms with Crippen molar-refractivity contribution in [3.8, 4) is 11.6 Å². The van der Waals surface area contributed by atoms with Gasteiger partial charge >= 0.3 is 0 Å². The number of aromatic nitrogens is 2. The second kappa shape index (κ2) is 7.40. The predicted molar refractivity (Wildman–Crippen MR) is 95.3 cm³/mol. The molecule has 25 heavy (non-hydrogen) atoms. The first-order chi connectivity index (χ1) is 12.0. The molecule has 3 aromatic rings. The summed E-state index contributed by atoms with van der Waals surface area (Å²) in [5.74, 6) is 0.0914. The van der Waals surface area contributed by atoms with Gasteiger partial charge in [-0.2, -0.15) is 0 Å². The van der Waals surface area contributed by atoms with Gasteiger partial charge in [0.15, 0.2) is 0 Å². The Hall–Kier alpha value is -2.80. The number of pyridine rings is 2. The van der Waals surface area contributed by atoms with E-state index < -0.39 is 11.7 Å². The second-order valence-electron chi connectivity index (χ2n) is 5.21. The van der Waals surface area contributed by atoms with E-state index in [4.69, 9.17) is 4.74 Å². The zero-order valence-electron chi connectivity index (χ0n) is 13.2. The Kier molecular flexibility index (Phi) is 5.04. The molecule has 0 saturated heterocycles. The monoisotopic (exact) mass is 401 g/mol. The average Bonchev–Trinajstić information content (AvgIpc) is 2.58. The number of carbonyl (C=O) groups excluding carboxylic acids is 1. The van der Waals surface area contributed by atoms with Crippen molar-refractivity contribution in [2.24, 2.45) is 0 Å². The van der Waals surface area contributed by atoms with Crippen molar-refractivity contribution in [2.45, 2.75) is 6.92 Å². The molecule has 2 aromatic heterocycles. The van der Waals surface area contributed by atoms with Crippen LogP contribution in [-0.4, -0.2) is 15.9 Å². The van der Waals surface area contributed by atoms with Crippen LogP contribution in [0, 0.1) is 12.7 Å². The van der Waals surface area contributed by atoms with Crippen LogP contribution in [0.5, 0.6) is 11.6 Å². The fourth-order valence-electron chi connectivity index (χ4n) is 2.10. The van der Waals surface area contributed by atoms with Crippen LogP contribution >= 0.6 is 15.9 Å². The van der Waals surface area contributed by atoms with Crippen molar-refractivity contribution in [2.75, 3.05) is 5.32 Å². The highest BCUT2D eigenvalue weighted by atomic mass is 79.9. The number of amides is 1. The fraction of sp³-hybridized carbons (Fsp3) is 0.0556. The van der Waals surface area contributed by atoms with E-state index in [0.717, 1.165) is 5.56 Å². The van der Waals surface area contributed by atoms with Crippen LogP contribution in [0.2, 0.25) is 0 Å². The predicted octanol–water partition coefficient (Wildman–Crippen LogP) is 4.73. The molecule has 1 aromatic carbocycles. The van der Waals surface area contributed by atoms with Crippen molar-refractivity contribution in [1.82, 2.24) is 9.97 Å². The quantitative estimate of drug-likeness (QED) is 0.685. The van der Waals surface area contributed by atoms with Crippen LogP contribution in [0.25, 0.3) is 0 Å². The van der Waals surface area contributed by atoms with Crippen molar-refractivity contribution in [3.05, 3.63) is 76.3 Å². The molecule has 7 heteroatoms. The lowest BCUT2D eigenvalue weighted by Gasteiger charge is -2.11. The number of nitrogens with zero attached hydrogens (tertiary/aromatic N) is 2. The summed E-state index contributed by atoms with van der Waals surface area (Å²) in [7, 11) is 0. The Bertz CT molecular complexity index is 934. The molecular weight excluding hydrogens is 389 g/mol. The third kappa shape index (κ3) is 4.19. The molecule has 1 amide bonds. The van der Waals surface area contributed by atoms with Gasteiger partial charge in [-0.15, -0.1) is 0 Å². The normalized spacial score (nSPS) is 10.4. The highest BCUT2D eigenvalue weighted by Crippen LogP contribution is 2.31. The summed E-state index contributed by atoms with van der Waals surface area (Å²) in [5, 5.41) is 2.71. The zero-order chi connectivity index (χ0) is 17.8. The molecule has 0 aliphatic heterocycles. The minimum absolute atomic E-state index is 0.111. The van der Waals surface area contributed by atoms with E-state index in [1.165, 1.54) is 24.4 Å². The molecule has 0 bridgehead atoms. The molecule has 0 spiro atoms. The SMILES string of the molecule is Cc1ccnc(NC(=O)c2cccnc2Oc2ccc(F)cc2Br)c1. The molecule has 0 aliphatic rings. The summed E-state index contributed by atoms with van der Waals surface area (Å²) >= 11 is 3.22. The zero-order valence-corrected chi connectivity index (χ0v) is 14.7. The summed E-state index contributed by atoms with van der Waals surface area (Å²) in [6.45, 7) is 1.90. The van der Waals surface area contributed by atoms with Crippen LogP contribution < -0.4 is 10.1 Å². The first kappa shape index (κ1) is 17.0. The number of carbonyl (C=O) groups is 1. The molecule has 0 unspecified atom stereocenters. The van der Waals surface area contributed by atoms with E-state index in [2.05, 4.69) is 31.2 Å². The second-order valence-corrected chi connectivity index (χ2v) is 6.06. The van der Waals surface area contributed by atoms with Gasteiger partial charge < -0.3 is 10.1 Å². The van der Waals surface area contributed by atoms with Crippen LogP contribution in [0.3, 0.4) is 0 Å². The van der Waals surface area contributed by atoms with Gasteiger partial charge in [0.05, 0.1) is 4.47 Å². The molecule has 2 heterocycles. The summed E-state index contributed by atoms with van der Waals surface area (Å²) in [4.78, 5) is 20.7. The standard InChI is InChI=1S/C18H13BrFN3O2/c1-11-6-8-21-16(9-11)23-17(24)13-3-2-7-22-18(13)25-15-5-4-12(20)10-14(15)19/h2-10H,1H3,(H,21,23,24). The molecule has 0 aliphatic carbocycles. The Morgan fingerprint density at radius 2 is 2.00 bits per heavy atom. The number of benzene rings is 1. The maximum atomic E-state index is 13.2. The lowest BCUT2D eigenvalue weighted by Crippen LogP contribution is -2.14. The van der Waals surface area contributed by atoms with Gasteiger partial charge in [0, 0.05) is 12.4 Å². The van der Waals surface area contributed by atoms with Crippen LogP contribution in [0.15, 0.2) is 59.3 Å².